The number of hydrogen-bond donors (Lipinski definition) is 0. The highest BCUT2D eigenvalue weighted by Gasteiger charge is 2.37. The topological polar surface area (TPSA) is 38.1 Å². The molecule has 100 valence electrons. The van der Waals surface area contributed by atoms with Crippen molar-refractivity contribution in [2.45, 2.75) is 38.0 Å². The summed E-state index contributed by atoms with van der Waals surface area (Å²) in [6.07, 6.45) is -0.987. The van der Waals surface area contributed by atoms with Gasteiger partial charge in [0.25, 0.3) is 0 Å². The average molecular weight is 261 g/mol. The third kappa shape index (κ3) is 3.24. The predicted octanol–water partition coefficient (Wildman–Crippen LogP) is 1.83. The number of carbonyl (C=O) groups excluding carboxylic acids is 1. The Morgan fingerprint density at radius 3 is 2.83 bits per heavy atom. The molecule has 0 spiro atoms. The van der Waals surface area contributed by atoms with Crippen LogP contribution >= 0.6 is 0 Å². The Balaban J connectivity index is 1.97. The fraction of sp³-hybridized carbons (Fsp3) is 0.636. The zero-order valence-corrected chi connectivity index (χ0v) is 9.73. The van der Waals surface area contributed by atoms with Gasteiger partial charge in [-0.25, -0.2) is 0 Å². The molecular formula is C11H14F3N3O. The Bertz CT molecular complexity index is 402. The Morgan fingerprint density at radius 2 is 2.22 bits per heavy atom. The van der Waals surface area contributed by atoms with Crippen molar-refractivity contribution in [3.63, 3.8) is 0 Å². The van der Waals surface area contributed by atoms with Crippen molar-refractivity contribution in [2.24, 2.45) is 0 Å². The number of carbonyl (C=O) groups is 1. The normalized spacial score (nSPS) is 20.4. The van der Waals surface area contributed by atoms with Crippen LogP contribution in [-0.4, -0.2) is 39.4 Å². The van der Waals surface area contributed by atoms with E-state index in [1.165, 1.54) is 4.90 Å². The molecule has 1 atom stereocenters. The maximum absolute atomic E-state index is 12.2. The smallest absolute Gasteiger partial charge is 0.338 e. The van der Waals surface area contributed by atoms with Crippen LogP contribution in [0.5, 0.6) is 0 Å². The number of nitrogens with zero attached hydrogens (tertiary/aromatic N) is 3. The lowest BCUT2D eigenvalue weighted by Gasteiger charge is -2.25. The van der Waals surface area contributed by atoms with E-state index < -0.39 is 18.5 Å². The van der Waals surface area contributed by atoms with Crippen LogP contribution in [0.15, 0.2) is 18.5 Å². The van der Waals surface area contributed by atoms with Gasteiger partial charge < -0.3 is 4.90 Å². The summed E-state index contributed by atoms with van der Waals surface area (Å²) in [6, 6.07) is 1.57. The van der Waals surface area contributed by atoms with Gasteiger partial charge in [0, 0.05) is 18.9 Å². The first kappa shape index (κ1) is 12.9. The van der Waals surface area contributed by atoms with E-state index in [2.05, 4.69) is 5.10 Å². The Labute approximate surface area is 102 Å². The number of likely N-dealkylation sites (tertiary alicyclic amines) is 1. The molecule has 1 saturated heterocycles. The van der Waals surface area contributed by atoms with Gasteiger partial charge in [-0.15, -0.1) is 0 Å². The molecule has 1 fully saturated rings. The Kier molecular flexibility index (Phi) is 3.58. The molecule has 1 aromatic rings. The standard InChI is InChI=1S/C11H14F3N3O/c12-11(13,14)7-10(18)17-6-1-3-9(17)8-16-5-2-4-15-16/h2,4-5,9H,1,3,6-8H2/t9-/m1/s1. The predicted molar refractivity (Wildman–Crippen MR) is 57.6 cm³/mol. The Hall–Kier alpha value is -1.53. The van der Waals surface area contributed by atoms with Crippen molar-refractivity contribution < 1.29 is 18.0 Å². The number of halogens is 3. The van der Waals surface area contributed by atoms with Gasteiger partial charge in [0.2, 0.25) is 5.91 Å². The van der Waals surface area contributed by atoms with Crippen LogP contribution in [0.4, 0.5) is 13.2 Å². The van der Waals surface area contributed by atoms with E-state index in [-0.39, 0.29) is 6.04 Å². The molecule has 2 heterocycles. The van der Waals surface area contributed by atoms with E-state index >= 15 is 0 Å². The summed E-state index contributed by atoms with van der Waals surface area (Å²) in [6.45, 7) is 0.859. The Morgan fingerprint density at radius 1 is 1.44 bits per heavy atom. The van der Waals surface area contributed by atoms with Crippen LogP contribution in [0.25, 0.3) is 0 Å². The molecular weight excluding hydrogens is 247 g/mol. The van der Waals surface area contributed by atoms with Crippen molar-refractivity contribution >= 4 is 5.91 Å². The molecule has 0 aromatic carbocycles. The van der Waals surface area contributed by atoms with Crippen LogP contribution in [0, 0.1) is 0 Å². The first-order valence-corrected chi connectivity index (χ1v) is 5.79. The monoisotopic (exact) mass is 261 g/mol. The SMILES string of the molecule is O=C(CC(F)(F)F)N1CCC[C@@H]1Cn1cccn1. The van der Waals surface area contributed by atoms with Gasteiger partial charge in [0.05, 0.1) is 12.6 Å². The first-order chi connectivity index (χ1) is 8.46. The summed E-state index contributed by atoms with van der Waals surface area (Å²) < 4.78 is 38.2. The van der Waals surface area contributed by atoms with Crippen LogP contribution in [0.1, 0.15) is 19.3 Å². The molecule has 4 nitrogen and oxygen atoms in total. The van der Waals surface area contributed by atoms with Gasteiger partial charge in [-0.05, 0) is 18.9 Å². The number of alkyl halides is 3. The quantitative estimate of drug-likeness (QED) is 0.832. The molecule has 1 aliphatic heterocycles. The fourth-order valence-electron chi connectivity index (χ4n) is 2.25. The van der Waals surface area contributed by atoms with Gasteiger partial charge in [-0.1, -0.05) is 0 Å². The summed E-state index contributed by atoms with van der Waals surface area (Å²) in [5.41, 5.74) is 0. The molecule has 2 rings (SSSR count). The number of aromatic nitrogens is 2. The van der Waals surface area contributed by atoms with E-state index in [0.29, 0.717) is 13.1 Å². The fourth-order valence-corrected chi connectivity index (χ4v) is 2.25. The van der Waals surface area contributed by atoms with Crippen LogP contribution in [-0.2, 0) is 11.3 Å². The number of amides is 1. The minimum absolute atomic E-state index is 0.181. The lowest BCUT2D eigenvalue weighted by molar-refractivity contribution is -0.162. The summed E-state index contributed by atoms with van der Waals surface area (Å²) in [4.78, 5) is 12.9. The van der Waals surface area contributed by atoms with Gasteiger partial charge in [0.15, 0.2) is 0 Å². The highest BCUT2D eigenvalue weighted by molar-refractivity contribution is 5.77. The molecule has 0 saturated carbocycles. The van der Waals surface area contributed by atoms with Crippen LogP contribution in [0.2, 0.25) is 0 Å². The van der Waals surface area contributed by atoms with E-state index in [9.17, 15) is 18.0 Å². The minimum atomic E-state index is -4.43. The minimum Gasteiger partial charge on any atom is -0.338 e. The van der Waals surface area contributed by atoms with Gasteiger partial charge >= 0.3 is 6.18 Å². The molecule has 0 bridgehead atoms. The summed E-state index contributed by atoms with van der Waals surface area (Å²) >= 11 is 0. The molecule has 18 heavy (non-hydrogen) atoms. The summed E-state index contributed by atoms with van der Waals surface area (Å²) in [5.74, 6) is -0.836. The van der Waals surface area contributed by atoms with Crippen molar-refractivity contribution in [1.29, 1.82) is 0 Å². The molecule has 0 radical (unpaired) electrons. The van der Waals surface area contributed by atoms with E-state index in [1.807, 2.05) is 0 Å². The van der Waals surface area contributed by atoms with Gasteiger partial charge in [-0.2, -0.15) is 18.3 Å². The van der Waals surface area contributed by atoms with Crippen molar-refractivity contribution in [3.05, 3.63) is 18.5 Å². The molecule has 1 amide bonds. The third-order valence-electron chi connectivity index (χ3n) is 3.01. The van der Waals surface area contributed by atoms with Crippen molar-refractivity contribution in [2.75, 3.05) is 6.54 Å². The van der Waals surface area contributed by atoms with E-state index in [1.54, 1.807) is 23.1 Å². The zero-order valence-electron chi connectivity index (χ0n) is 9.73. The van der Waals surface area contributed by atoms with Crippen molar-refractivity contribution in [3.8, 4) is 0 Å². The summed E-state index contributed by atoms with van der Waals surface area (Å²) in [7, 11) is 0. The highest BCUT2D eigenvalue weighted by atomic mass is 19.4. The second kappa shape index (κ2) is 4.99. The maximum atomic E-state index is 12.2. The van der Waals surface area contributed by atoms with Gasteiger partial charge in [0.1, 0.15) is 6.42 Å². The van der Waals surface area contributed by atoms with Crippen LogP contribution < -0.4 is 0 Å². The zero-order chi connectivity index (χ0) is 13.2. The average Bonchev–Trinajstić information content (AvgIpc) is 2.86. The lowest BCUT2D eigenvalue weighted by Crippen LogP contribution is -2.40. The largest absolute Gasteiger partial charge is 0.397 e. The van der Waals surface area contributed by atoms with E-state index in [0.717, 1.165) is 12.8 Å². The molecule has 1 aromatic heterocycles. The van der Waals surface area contributed by atoms with E-state index in [4.69, 9.17) is 0 Å². The summed E-state index contributed by atoms with van der Waals surface area (Å²) in [5, 5.41) is 4.00. The molecule has 7 heteroatoms. The second-order valence-corrected chi connectivity index (χ2v) is 4.40. The van der Waals surface area contributed by atoms with Crippen molar-refractivity contribution in [1.82, 2.24) is 14.7 Å². The maximum Gasteiger partial charge on any atom is 0.397 e. The molecule has 1 aliphatic rings. The van der Waals surface area contributed by atoms with Crippen LogP contribution in [0.3, 0.4) is 0 Å². The lowest BCUT2D eigenvalue weighted by atomic mass is 10.2. The second-order valence-electron chi connectivity index (χ2n) is 4.40. The molecule has 0 aliphatic carbocycles. The molecule has 0 N–H and O–H groups in total. The number of hydrogen-bond acceptors (Lipinski definition) is 2. The first-order valence-electron chi connectivity index (χ1n) is 5.79. The van der Waals surface area contributed by atoms with Gasteiger partial charge in [-0.3, -0.25) is 9.48 Å². The molecule has 0 unspecified atom stereocenters. The highest BCUT2D eigenvalue weighted by Crippen LogP contribution is 2.25. The third-order valence-corrected chi connectivity index (χ3v) is 3.01. The number of rotatable bonds is 3.